The lowest BCUT2D eigenvalue weighted by molar-refractivity contribution is 0.0698. The van der Waals surface area contributed by atoms with Crippen molar-refractivity contribution in [3.8, 4) is 11.5 Å². The number of hydrogen-bond donors (Lipinski definition) is 0. The normalized spacial score (nSPS) is 15.1. The van der Waals surface area contributed by atoms with Crippen LogP contribution >= 0.6 is 0 Å². The molecular formula is C22H20FN5O2. The Labute approximate surface area is 172 Å². The summed E-state index contributed by atoms with van der Waals surface area (Å²) in [6, 6.07) is 11.7. The summed E-state index contributed by atoms with van der Waals surface area (Å²) in [5.74, 6) is 0.718. The zero-order valence-corrected chi connectivity index (χ0v) is 16.5. The molecule has 1 amide bonds. The van der Waals surface area contributed by atoms with E-state index >= 15 is 0 Å². The quantitative estimate of drug-likeness (QED) is 0.517. The molecule has 7 nitrogen and oxygen atoms in total. The van der Waals surface area contributed by atoms with Crippen LogP contribution in [0.4, 0.5) is 4.39 Å². The average Bonchev–Trinajstić information content (AvgIpc) is 3.38. The van der Waals surface area contributed by atoms with Crippen LogP contribution in [0.15, 0.2) is 53.1 Å². The van der Waals surface area contributed by atoms with Crippen molar-refractivity contribution in [1.29, 1.82) is 0 Å². The molecule has 5 rings (SSSR count). The van der Waals surface area contributed by atoms with Gasteiger partial charge < -0.3 is 9.32 Å². The van der Waals surface area contributed by atoms with Crippen molar-refractivity contribution in [3.05, 3.63) is 71.8 Å². The number of aromatic nitrogens is 4. The molecule has 0 aliphatic carbocycles. The summed E-state index contributed by atoms with van der Waals surface area (Å²) in [6.07, 6.45) is 3.35. The lowest BCUT2D eigenvalue weighted by Gasteiger charge is -2.30. The van der Waals surface area contributed by atoms with Crippen LogP contribution in [0.25, 0.3) is 17.1 Å². The Bertz CT molecular complexity index is 1210. The van der Waals surface area contributed by atoms with Crippen LogP contribution in [-0.2, 0) is 0 Å². The molecule has 4 heterocycles. The Morgan fingerprint density at radius 2 is 1.87 bits per heavy atom. The second-order valence-electron chi connectivity index (χ2n) is 7.49. The number of carbonyl (C=O) groups is 1. The fraction of sp³-hybridized carbons (Fsp3) is 0.273. The summed E-state index contributed by atoms with van der Waals surface area (Å²) < 4.78 is 20.8. The van der Waals surface area contributed by atoms with Crippen LogP contribution in [-0.4, -0.2) is 43.5 Å². The first-order valence-electron chi connectivity index (χ1n) is 9.92. The highest BCUT2D eigenvalue weighted by atomic mass is 19.1. The molecule has 1 aliphatic rings. The molecule has 1 aromatic carbocycles. The third-order valence-corrected chi connectivity index (χ3v) is 5.57. The van der Waals surface area contributed by atoms with E-state index in [0.717, 1.165) is 24.2 Å². The zero-order valence-electron chi connectivity index (χ0n) is 16.5. The highest BCUT2D eigenvalue weighted by Gasteiger charge is 2.30. The minimum absolute atomic E-state index is 0.0119. The Balaban J connectivity index is 1.29. The first kappa shape index (κ1) is 18.5. The van der Waals surface area contributed by atoms with Crippen LogP contribution in [0.5, 0.6) is 0 Å². The van der Waals surface area contributed by atoms with Gasteiger partial charge in [0.2, 0.25) is 11.8 Å². The number of pyridine rings is 1. The topological polar surface area (TPSA) is 76.5 Å². The molecule has 0 radical (unpaired) electrons. The van der Waals surface area contributed by atoms with Crippen molar-refractivity contribution in [2.24, 2.45) is 0 Å². The van der Waals surface area contributed by atoms with Gasteiger partial charge in [0.05, 0.1) is 5.69 Å². The molecule has 30 heavy (non-hydrogen) atoms. The second kappa shape index (κ2) is 7.37. The van der Waals surface area contributed by atoms with E-state index in [2.05, 4.69) is 15.2 Å². The Kier molecular flexibility index (Phi) is 4.54. The number of carbonyl (C=O) groups excluding carboxylic acids is 1. The van der Waals surface area contributed by atoms with Crippen LogP contribution in [0.2, 0.25) is 0 Å². The van der Waals surface area contributed by atoms with Gasteiger partial charge in [0.1, 0.15) is 17.2 Å². The van der Waals surface area contributed by atoms with Gasteiger partial charge in [-0.2, -0.15) is 0 Å². The van der Waals surface area contributed by atoms with E-state index in [4.69, 9.17) is 4.42 Å². The maximum Gasteiger partial charge on any atom is 0.272 e. The van der Waals surface area contributed by atoms with Crippen molar-refractivity contribution in [2.75, 3.05) is 13.1 Å². The van der Waals surface area contributed by atoms with Gasteiger partial charge in [-0.15, -0.1) is 10.2 Å². The van der Waals surface area contributed by atoms with Crippen molar-refractivity contribution in [1.82, 2.24) is 24.5 Å². The number of amides is 1. The van der Waals surface area contributed by atoms with Gasteiger partial charge in [-0.3, -0.25) is 9.20 Å². The average molecular weight is 405 g/mol. The largest absolute Gasteiger partial charge is 0.420 e. The van der Waals surface area contributed by atoms with Gasteiger partial charge in [0, 0.05) is 30.8 Å². The highest BCUT2D eigenvalue weighted by Crippen LogP contribution is 2.30. The van der Waals surface area contributed by atoms with Gasteiger partial charge in [0.25, 0.3) is 5.91 Å². The minimum atomic E-state index is -0.309. The molecule has 0 atom stereocenters. The van der Waals surface area contributed by atoms with E-state index in [9.17, 15) is 9.18 Å². The van der Waals surface area contributed by atoms with E-state index in [1.165, 1.54) is 12.1 Å². The smallest absolute Gasteiger partial charge is 0.272 e. The van der Waals surface area contributed by atoms with E-state index in [1.54, 1.807) is 12.1 Å². The lowest BCUT2D eigenvalue weighted by atomic mass is 9.96. The number of rotatable bonds is 3. The van der Waals surface area contributed by atoms with E-state index < -0.39 is 0 Å². The molecule has 0 N–H and O–H groups in total. The molecule has 0 saturated carbocycles. The van der Waals surface area contributed by atoms with E-state index in [0.29, 0.717) is 36.1 Å². The van der Waals surface area contributed by atoms with Crippen LogP contribution in [0.3, 0.4) is 0 Å². The van der Waals surface area contributed by atoms with Crippen LogP contribution < -0.4 is 0 Å². The van der Waals surface area contributed by atoms with Gasteiger partial charge in [-0.25, -0.2) is 9.37 Å². The summed E-state index contributed by atoms with van der Waals surface area (Å²) in [6.45, 7) is 3.08. The molecule has 8 heteroatoms. The number of hydrogen-bond acceptors (Lipinski definition) is 5. The standard InChI is InChI=1S/C22H20FN5O2/c1-14-19(28-11-3-2-4-18(28)24-14)22(29)27-12-9-16(10-13-27)21-26-25-20(30-21)15-5-7-17(23)8-6-15/h2-8,11,16H,9-10,12-13H2,1H3. The van der Waals surface area contributed by atoms with Crippen LogP contribution in [0, 0.1) is 12.7 Å². The maximum absolute atomic E-state index is 13.1. The second-order valence-corrected chi connectivity index (χ2v) is 7.49. The van der Waals surface area contributed by atoms with E-state index in [-0.39, 0.29) is 17.6 Å². The maximum atomic E-state index is 13.1. The first-order chi connectivity index (χ1) is 14.6. The number of benzene rings is 1. The third kappa shape index (κ3) is 3.24. The fourth-order valence-corrected chi connectivity index (χ4v) is 3.96. The molecule has 1 aliphatic heterocycles. The molecular weight excluding hydrogens is 385 g/mol. The summed E-state index contributed by atoms with van der Waals surface area (Å²) in [7, 11) is 0. The lowest BCUT2D eigenvalue weighted by Crippen LogP contribution is -2.38. The number of fused-ring (bicyclic) bond motifs is 1. The molecule has 0 spiro atoms. The zero-order chi connectivity index (χ0) is 20.7. The predicted octanol–water partition coefficient (Wildman–Crippen LogP) is 3.85. The molecule has 3 aromatic heterocycles. The molecule has 1 fully saturated rings. The number of aryl methyl sites for hydroxylation is 1. The minimum Gasteiger partial charge on any atom is -0.420 e. The SMILES string of the molecule is Cc1nc2ccccn2c1C(=O)N1CCC(c2nnc(-c3ccc(F)cc3)o2)CC1. The molecule has 0 bridgehead atoms. The Morgan fingerprint density at radius 3 is 2.63 bits per heavy atom. The summed E-state index contributed by atoms with van der Waals surface area (Å²) in [5, 5.41) is 8.29. The van der Waals surface area contributed by atoms with Crippen molar-refractivity contribution < 1.29 is 13.6 Å². The first-order valence-corrected chi connectivity index (χ1v) is 9.92. The summed E-state index contributed by atoms with van der Waals surface area (Å²) >= 11 is 0. The number of imidazole rings is 1. The Morgan fingerprint density at radius 1 is 1.10 bits per heavy atom. The fourth-order valence-electron chi connectivity index (χ4n) is 3.96. The number of nitrogens with zero attached hydrogens (tertiary/aromatic N) is 5. The molecule has 152 valence electrons. The van der Waals surface area contributed by atoms with E-state index in [1.807, 2.05) is 40.6 Å². The summed E-state index contributed by atoms with van der Waals surface area (Å²) in [5.41, 5.74) is 2.80. The number of likely N-dealkylation sites (tertiary alicyclic amines) is 1. The molecule has 4 aromatic rings. The van der Waals surface area contributed by atoms with Crippen molar-refractivity contribution >= 4 is 11.6 Å². The number of halogens is 1. The monoisotopic (exact) mass is 405 g/mol. The van der Waals surface area contributed by atoms with Crippen molar-refractivity contribution in [3.63, 3.8) is 0 Å². The van der Waals surface area contributed by atoms with Crippen molar-refractivity contribution in [2.45, 2.75) is 25.7 Å². The highest BCUT2D eigenvalue weighted by molar-refractivity contribution is 5.94. The Hall–Kier alpha value is -3.55. The summed E-state index contributed by atoms with van der Waals surface area (Å²) in [4.78, 5) is 19.5. The predicted molar refractivity (Wildman–Crippen MR) is 107 cm³/mol. The van der Waals surface area contributed by atoms with Gasteiger partial charge >= 0.3 is 0 Å². The van der Waals surface area contributed by atoms with Gasteiger partial charge in [0.15, 0.2) is 0 Å². The molecule has 0 unspecified atom stereocenters. The van der Waals surface area contributed by atoms with Crippen LogP contribution in [0.1, 0.15) is 40.8 Å². The number of piperidine rings is 1. The molecule has 1 saturated heterocycles. The van der Waals surface area contributed by atoms with Gasteiger partial charge in [-0.05, 0) is 56.2 Å². The van der Waals surface area contributed by atoms with Gasteiger partial charge in [-0.1, -0.05) is 6.07 Å². The third-order valence-electron chi connectivity index (χ3n) is 5.57.